The molecule has 1 unspecified atom stereocenters. The molecule has 0 aliphatic carbocycles. The van der Waals surface area contributed by atoms with Gasteiger partial charge in [0.1, 0.15) is 0 Å². The molecule has 0 fully saturated rings. The van der Waals surface area contributed by atoms with Gasteiger partial charge in [-0.2, -0.15) is 0 Å². The lowest BCUT2D eigenvalue weighted by atomic mass is 10.1. The molecule has 0 radical (unpaired) electrons. The van der Waals surface area contributed by atoms with E-state index >= 15 is 0 Å². The van der Waals surface area contributed by atoms with Gasteiger partial charge in [-0.15, -0.1) is 6.42 Å². The molecule has 1 N–H and O–H groups in total. The highest BCUT2D eigenvalue weighted by Gasteiger charge is 2.29. The van der Waals surface area contributed by atoms with Gasteiger partial charge in [-0.3, -0.25) is 10.1 Å². The zero-order chi connectivity index (χ0) is 12.3. The molecule has 0 bridgehead atoms. The number of carbonyl (C=O) groups is 1. The Morgan fingerprint density at radius 1 is 1.59 bits per heavy atom. The fourth-order valence-electron chi connectivity index (χ4n) is 2.27. The van der Waals surface area contributed by atoms with E-state index in [9.17, 15) is 4.79 Å². The van der Waals surface area contributed by atoms with Crippen molar-refractivity contribution in [3.05, 3.63) is 29.8 Å². The van der Waals surface area contributed by atoms with Crippen LogP contribution in [0.3, 0.4) is 0 Å². The molecular formula is C14H16N2O. The van der Waals surface area contributed by atoms with E-state index in [1.54, 1.807) is 0 Å². The predicted molar refractivity (Wildman–Crippen MR) is 68.8 cm³/mol. The molecule has 0 saturated heterocycles. The van der Waals surface area contributed by atoms with Crippen molar-refractivity contribution in [2.24, 2.45) is 0 Å². The Morgan fingerprint density at radius 3 is 3.12 bits per heavy atom. The van der Waals surface area contributed by atoms with Gasteiger partial charge in [-0.1, -0.05) is 24.1 Å². The first kappa shape index (κ1) is 11.7. The van der Waals surface area contributed by atoms with Gasteiger partial charge in [0.25, 0.3) is 0 Å². The highest BCUT2D eigenvalue weighted by atomic mass is 16.2. The van der Waals surface area contributed by atoms with E-state index in [0.717, 1.165) is 12.1 Å². The molecule has 1 aromatic carbocycles. The minimum absolute atomic E-state index is 0.0812. The Morgan fingerprint density at radius 2 is 2.35 bits per heavy atom. The summed E-state index contributed by atoms with van der Waals surface area (Å²) >= 11 is 0. The van der Waals surface area contributed by atoms with Crippen molar-refractivity contribution in [3.63, 3.8) is 0 Å². The molecule has 17 heavy (non-hydrogen) atoms. The number of benzene rings is 1. The molecule has 1 heterocycles. The van der Waals surface area contributed by atoms with E-state index in [2.05, 4.69) is 24.2 Å². The van der Waals surface area contributed by atoms with Crippen LogP contribution < -0.4 is 10.2 Å². The second-order valence-electron chi connectivity index (χ2n) is 4.25. The van der Waals surface area contributed by atoms with Crippen molar-refractivity contribution >= 4 is 11.6 Å². The summed E-state index contributed by atoms with van der Waals surface area (Å²) in [6.07, 6.45) is 6.06. The number of hydrogen-bond donors (Lipinski definition) is 1. The molecular weight excluding hydrogens is 212 g/mol. The number of nitrogens with zero attached hydrogens (tertiary/aromatic N) is 1. The lowest BCUT2D eigenvalue weighted by molar-refractivity contribution is -0.118. The van der Waals surface area contributed by atoms with E-state index in [0.29, 0.717) is 13.1 Å². The van der Waals surface area contributed by atoms with Crippen LogP contribution in [0.2, 0.25) is 0 Å². The van der Waals surface area contributed by atoms with Crippen molar-refractivity contribution in [2.45, 2.75) is 19.4 Å². The normalized spacial score (nSPS) is 17.6. The van der Waals surface area contributed by atoms with E-state index in [-0.39, 0.29) is 11.9 Å². The van der Waals surface area contributed by atoms with Gasteiger partial charge < -0.3 is 4.90 Å². The maximum atomic E-state index is 12.1. The molecule has 1 aliphatic rings. The number of rotatable bonds is 3. The van der Waals surface area contributed by atoms with Crippen molar-refractivity contribution < 1.29 is 4.79 Å². The molecule has 3 heteroatoms. The number of hydrogen-bond acceptors (Lipinski definition) is 2. The van der Waals surface area contributed by atoms with Crippen LogP contribution in [-0.4, -0.2) is 25.0 Å². The number of nitrogens with one attached hydrogen (secondary N) is 1. The summed E-state index contributed by atoms with van der Waals surface area (Å²) in [7, 11) is 0. The van der Waals surface area contributed by atoms with Gasteiger partial charge in [0.2, 0.25) is 5.91 Å². The van der Waals surface area contributed by atoms with Gasteiger partial charge in [0.15, 0.2) is 0 Å². The highest BCUT2D eigenvalue weighted by molar-refractivity contribution is 5.97. The topological polar surface area (TPSA) is 32.3 Å². The summed E-state index contributed by atoms with van der Waals surface area (Å²) in [6, 6.07) is 8.28. The summed E-state index contributed by atoms with van der Waals surface area (Å²) in [5.41, 5.74) is 2.28. The Kier molecular flexibility index (Phi) is 3.46. The molecule has 1 amide bonds. The molecule has 0 aromatic heterocycles. The van der Waals surface area contributed by atoms with E-state index < -0.39 is 0 Å². The first-order valence-electron chi connectivity index (χ1n) is 5.78. The third-order valence-corrected chi connectivity index (χ3v) is 2.98. The molecule has 1 atom stereocenters. The first-order chi connectivity index (χ1) is 8.24. The molecule has 1 aliphatic heterocycles. The lowest BCUT2D eigenvalue weighted by Gasteiger charge is -2.22. The van der Waals surface area contributed by atoms with Crippen molar-refractivity contribution in [1.82, 2.24) is 5.32 Å². The van der Waals surface area contributed by atoms with Crippen molar-refractivity contribution in [2.75, 3.05) is 18.0 Å². The maximum Gasteiger partial charge on any atom is 0.241 e. The van der Waals surface area contributed by atoms with Crippen LogP contribution in [0.4, 0.5) is 5.69 Å². The third-order valence-electron chi connectivity index (χ3n) is 2.98. The zero-order valence-electron chi connectivity index (χ0n) is 9.94. The number of terminal acetylenes is 1. The molecule has 0 saturated carbocycles. The molecule has 0 spiro atoms. The van der Waals surface area contributed by atoms with Gasteiger partial charge >= 0.3 is 0 Å². The smallest absolute Gasteiger partial charge is 0.241 e. The van der Waals surface area contributed by atoms with Crippen LogP contribution >= 0.6 is 0 Å². The minimum Gasteiger partial charge on any atom is -0.308 e. The third kappa shape index (κ3) is 2.32. The number of amides is 1. The van der Waals surface area contributed by atoms with Crippen LogP contribution in [0.1, 0.15) is 12.5 Å². The van der Waals surface area contributed by atoms with E-state index in [4.69, 9.17) is 6.42 Å². The number of para-hydroxylation sites is 1. The maximum absolute atomic E-state index is 12.1. The van der Waals surface area contributed by atoms with Crippen LogP contribution in [0, 0.1) is 12.3 Å². The molecule has 88 valence electrons. The first-order valence-corrected chi connectivity index (χ1v) is 5.78. The van der Waals surface area contributed by atoms with Gasteiger partial charge in [0, 0.05) is 11.7 Å². The van der Waals surface area contributed by atoms with Crippen molar-refractivity contribution in [1.29, 1.82) is 0 Å². The molecule has 2 rings (SSSR count). The van der Waals surface area contributed by atoms with Crippen LogP contribution in [-0.2, 0) is 11.2 Å². The van der Waals surface area contributed by atoms with E-state index in [1.165, 1.54) is 5.56 Å². The molecule has 1 aromatic rings. The Bertz CT molecular complexity index is 462. The number of anilines is 1. The SMILES string of the molecule is C#CCNCC(=O)N1c2ccccc2CC1C. The summed E-state index contributed by atoms with van der Waals surface area (Å²) in [5.74, 6) is 2.54. The average Bonchev–Trinajstić information content (AvgIpc) is 2.65. The average molecular weight is 228 g/mol. The quantitative estimate of drug-likeness (QED) is 0.622. The van der Waals surface area contributed by atoms with Crippen LogP contribution in [0.5, 0.6) is 0 Å². The van der Waals surface area contributed by atoms with Crippen LogP contribution in [0.15, 0.2) is 24.3 Å². The summed E-state index contributed by atoms with van der Waals surface area (Å²) < 4.78 is 0. The Hall–Kier alpha value is -1.79. The standard InChI is InChI=1S/C14H16N2O/c1-3-8-15-10-14(17)16-11(2)9-12-6-4-5-7-13(12)16/h1,4-7,11,15H,8-10H2,2H3. The highest BCUT2D eigenvalue weighted by Crippen LogP contribution is 2.31. The fourth-order valence-corrected chi connectivity index (χ4v) is 2.27. The number of carbonyl (C=O) groups excluding carboxylic acids is 1. The Balaban J connectivity index is 2.11. The number of fused-ring (bicyclic) bond motifs is 1. The monoisotopic (exact) mass is 228 g/mol. The second-order valence-corrected chi connectivity index (χ2v) is 4.25. The second kappa shape index (κ2) is 5.03. The summed E-state index contributed by atoms with van der Waals surface area (Å²) in [4.78, 5) is 13.9. The zero-order valence-corrected chi connectivity index (χ0v) is 9.94. The van der Waals surface area contributed by atoms with Crippen molar-refractivity contribution in [3.8, 4) is 12.3 Å². The Labute approximate surface area is 102 Å². The fraction of sp³-hybridized carbons (Fsp3) is 0.357. The lowest BCUT2D eigenvalue weighted by Crippen LogP contribution is -2.41. The van der Waals surface area contributed by atoms with Gasteiger partial charge in [-0.05, 0) is 25.0 Å². The van der Waals surface area contributed by atoms with Gasteiger partial charge in [0.05, 0.1) is 13.1 Å². The summed E-state index contributed by atoms with van der Waals surface area (Å²) in [6.45, 7) is 2.79. The van der Waals surface area contributed by atoms with E-state index in [1.807, 2.05) is 23.1 Å². The predicted octanol–water partition coefficient (Wildman–Crippen LogP) is 1.19. The minimum atomic E-state index is 0.0812. The summed E-state index contributed by atoms with van der Waals surface area (Å²) in [5, 5.41) is 2.94. The van der Waals surface area contributed by atoms with Crippen LogP contribution in [0.25, 0.3) is 0 Å². The van der Waals surface area contributed by atoms with Gasteiger partial charge in [-0.25, -0.2) is 0 Å². The molecule has 3 nitrogen and oxygen atoms in total. The largest absolute Gasteiger partial charge is 0.308 e.